The molecule has 2 unspecified atom stereocenters. The largest absolute Gasteiger partial charge is 0.813 e. The fourth-order valence-electron chi connectivity index (χ4n) is 4.47. The van der Waals surface area contributed by atoms with Crippen LogP contribution in [-0.4, -0.2) is 84.9 Å². The van der Waals surface area contributed by atoms with E-state index in [1.54, 1.807) is 7.05 Å². The van der Waals surface area contributed by atoms with Crippen LogP contribution in [0.1, 0.15) is 64.7 Å². The number of rotatable bonds is 8. The molecule has 1 aromatic heterocycles. The summed E-state index contributed by atoms with van der Waals surface area (Å²) in [7, 11) is 3.49. The number of thiol groups is 1. The minimum atomic E-state index is -0.898. The summed E-state index contributed by atoms with van der Waals surface area (Å²) in [4.78, 5) is 38.1. The Hall–Kier alpha value is -2.63. The van der Waals surface area contributed by atoms with E-state index in [9.17, 15) is 32.7 Å². The molecule has 1 aliphatic heterocycles. The number of ether oxygens (including phenoxy) is 1. The van der Waals surface area contributed by atoms with E-state index in [0.29, 0.717) is 37.7 Å². The smallest absolute Gasteiger partial charge is 0.234 e. The number of carbonyl (C=O) groups is 2. The molecule has 3 aromatic rings. The van der Waals surface area contributed by atoms with Gasteiger partial charge in [-0.25, -0.2) is 13.2 Å². The standard InChI is InChI=1S/C21H24N2O5.C8H8F3N.C2H6.H2S.Sb/c1-22-9-5-8-19(26)17(11-22)23-10-16(12-24)20(27)21(18(23)13-25)28-14-15-6-3-2-4-7-15;1-12-4-6-7(10)2-5(9)3-8(6)11;1-2;;/h2-4,6-7,10,12-13,17,19,26H,5,8-9,11,14H2,1H3;2-3,12H,4H2,1H3;1-2H3;1H2;/p-1. The first-order valence-electron chi connectivity index (χ1n) is 13.7. The van der Waals surface area contributed by atoms with Crippen molar-refractivity contribution in [2.75, 3.05) is 27.2 Å². The summed E-state index contributed by atoms with van der Waals surface area (Å²) < 4.78 is 45.1. The van der Waals surface area contributed by atoms with Crippen molar-refractivity contribution in [3.63, 3.8) is 0 Å². The van der Waals surface area contributed by atoms with E-state index in [4.69, 9.17) is 4.74 Å². The molecule has 0 spiro atoms. The first-order chi connectivity index (χ1) is 20.2. The van der Waals surface area contributed by atoms with Crippen LogP contribution in [0.3, 0.4) is 0 Å². The zero-order valence-corrected chi connectivity index (χ0v) is 28.6. The van der Waals surface area contributed by atoms with Crippen molar-refractivity contribution in [2.45, 2.75) is 52.0 Å². The van der Waals surface area contributed by atoms with Gasteiger partial charge in [-0.3, -0.25) is 14.4 Å². The first kappa shape index (κ1) is 41.4. The van der Waals surface area contributed by atoms with Gasteiger partial charge in [-0.15, -0.1) is 0 Å². The molecule has 0 saturated carbocycles. The number of pyridine rings is 1. The Morgan fingerprint density at radius 1 is 1.07 bits per heavy atom. The topological polar surface area (TPSA) is 101 Å². The van der Waals surface area contributed by atoms with Crippen molar-refractivity contribution in [3.05, 3.63) is 98.7 Å². The van der Waals surface area contributed by atoms with Gasteiger partial charge in [0.25, 0.3) is 0 Å². The molecule has 2 heterocycles. The number of aliphatic hydroxyl groups excluding tert-OH is 1. The normalized spacial score (nSPS) is 15.9. The maximum atomic E-state index is 12.8. The Bertz CT molecular complexity index is 1360. The number of likely N-dealkylation sites (tertiary alicyclic amines) is 1. The summed E-state index contributed by atoms with van der Waals surface area (Å²) in [5.41, 5.74) is -0.00525. The summed E-state index contributed by atoms with van der Waals surface area (Å²) in [6.45, 7) is 5.45. The van der Waals surface area contributed by atoms with Gasteiger partial charge in [-0.05, 0) is 39.0 Å². The summed E-state index contributed by atoms with van der Waals surface area (Å²) in [6.07, 6.45) is 3.04. The number of aldehydes is 2. The van der Waals surface area contributed by atoms with Crippen LogP contribution in [0.15, 0.2) is 53.5 Å². The molecule has 44 heavy (non-hydrogen) atoms. The van der Waals surface area contributed by atoms with Gasteiger partial charge in [0.15, 0.2) is 18.3 Å². The van der Waals surface area contributed by atoms with Gasteiger partial charge in [-0.2, -0.15) is 0 Å². The third-order valence-electron chi connectivity index (χ3n) is 6.52. The minimum Gasteiger partial charge on any atom is -0.813 e. The predicted molar refractivity (Wildman–Crippen MR) is 169 cm³/mol. The van der Waals surface area contributed by atoms with E-state index in [1.165, 1.54) is 10.8 Å². The van der Waals surface area contributed by atoms with E-state index in [2.05, 4.69) is 10.2 Å². The second-order valence-corrected chi connectivity index (χ2v) is 9.46. The van der Waals surface area contributed by atoms with Crippen LogP contribution in [0.25, 0.3) is 0 Å². The van der Waals surface area contributed by atoms with Crippen LogP contribution in [0.4, 0.5) is 13.2 Å². The number of aromatic nitrogens is 1. The van der Waals surface area contributed by atoms with Gasteiger partial charge in [0, 0.05) is 61.4 Å². The van der Waals surface area contributed by atoms with E-state index in [0.717, 1.165) is 18.5 Å². The third-order valence-corrected chi connectivity index (χ3v) is 6.52. The number of nitrogens with one attached hydrogen (secondary N) is 1. The second-order valence-electron chi connectivity index (χ2n) is 9.46. The fraction of sp³-hybridized carbons (Fsp3) is 0.387. The van der Waals surface area contributed by atoms with Crippen LogP contribution in [-0.2, 0) is 26.6 Å². The van der Waals surface area contributed by atoms with Gasteiger partial charge < -0.3 is 38.1 Å². The van der Waals surface area contributed by atoms with E-state index >= 15 is 0 Å². The Morgan fingerprint density at radius 2 is 1.68 bits per heavy atom. The Morgan fingerprint density at radius 3 is 2.23 bits per heavy atom. The van der Waals surface area contributed by atoms with E-state index in [-0.39, 0.29) is 73.6 Å². The van der Waals surface area contributed by atoms with Crippen molar-refractivity contribution in [3.8, 4) is 5.75 Å². The maximum absolute atomic E-state index is 12.8. The van der Waals surface area contributed by atoms with Gasteiger partial charge >= 0.3 is 0 Å². The molecule has 0 amide bonds. The molecule has 3 radical (unpaired) electrons. The first-order valence-corrected chi connectivity index (χ1v) is 13.7. The second kappa shape index (κ2) is 21.2. The number of likely N-dealkylation sites (N-methyl/N-ethyl adjacent to an activating group) is 1. The van der Waals surface area contributed by atoms with Crippen molar-refractivity contribution in [1.29, 1.82) is 0 Å². The number of hydrogen-bond acceptors (Lipinski definition) is 8. The molecule has 1 aliphatic rings. The molecular weight excluding hydrogens is 705 g/mol. The van der Waals surface area contributed by atoms with Crippen LogP contribution >= 0.6 is 0 Å². The van der Waals surface area contributed by atoms with E-state index < -0.39 is 35.0 Å². The number of halogens is 3. The molecule has 4 rings (SSSR count). The zero-order chi connectivity index (χ0) is 31.2. The molecule has 13 heteroatoms. The maximum Gasteiger partial charge on any atom is 0.234 e. The summed E-state index contributed by atoms with van der Waals surface area (Å²) in [5, 5.41) is 13.2. The van der Waals surface area contributed by atoms with Gasteiger partial charge in [0.05, 0.1) is 17.7 Å². The van der Waals surface area contributed by atoms with Crippen LogP contribution in [0.5, 0.6) is 5.75 Å². The number of carbonyl (C=O) groups excluding carboxylic acids is 2. The average Bonchev–Trinajstić information content (AvgIpc) is 3.15. The molecule has 2 aromatic carbocycles. The Labute approximate surface area is 280 Å². The SMILES string of the molecule is CC.CN1CCCC(O)C(n2cc(C=O)c(=O)c(OCc3ccccc3)c2C=O)C1.CNCc1c(F)cc(F)cc1F.[SH-].[Sb]. The molecule has 1 saturated heterocycles. The number of aliphatic hydroxyl groups is 1. The molecule has 0 bridgehead atoms. The molecule has 2 atom stereocenters. The summed E-state index contributed by atoms with van der Waals surface area (Å²) >= 11 is 0. The summed E-state index contributed by atoms with van der Waals surface area (Å²) in [6, 6.07) is 10.1. The van der Waals surface area contributed by atoms with Gasteiger partial charge in [0.1, 0.15) is 29.8 Å². The number of hydrogen-bond donors (Lipinski definition) is 2. The van der Waals surface area contributed by atoms with Gasteiger partial charge in [-0.1, -0.05) is 44.2 Å². The van der Waals surface area contributed by atoms with Gasteiger partial charge in [0.2, 0.25) is 5.43 Å². The molecule has 2 N–H and O–H groups in total. The quantitative estimate of drug-likeness (QED) is 0.155. The molecular formula is C31H39F3N3O5SSb-. The molecule has 0 aliphatic carbocycles. The predicted octanol–water partition coefficient (Wildman–Crippen LogP) is 3.88. The van der Waals surface area contributed by atoms with Crippen LogP contribution in [0, 0.1) is 17.5 Å². The monoisotopic (exact) mass is 743 g/mol. The van der Waals surface area contributed by atoms with Crippen LogP contribution in [0.2, 0.25) is 0 Å². The zero-order valence-electron chi connectivity index (χ0n) is 25.2. The number of benzene rings is 2. The van der Waals surface area contributed by atoms with Crippen molar-refractivity contribution >= 4 is 50.5 Å². The molecule has 8 nitrogen and oxygen atoms in total. The van der Waals surface area contributed by atoms with Crippen molar-refractivity contribution in [1.82, 2.24) is 14.8 Å². The minimum absolute atomic E-state index is 0. The molecule has 1 fully saturated rings. The van der Waals surface area contributed by atoms with Crippen molar-refractivity contribution < 1.29 is 32.6 Å². The Balaban J connectivity index is 0.000000978. The molecule has 241 valence electrons. The Kier molecular flexibility index (Phi) is 19.9. The number of nitrogens with zero attached hydrogens (tertiary/aromatic N) is 2. The third kappa shape index (κ3) is 11.4. The average molecular weight is 744 g/mol. The van der Waals surface area contributed by atoms with E-state index in [1.807, 2.05) is 51.2 Å². The summed E-state index contributed by atoms with van der Waals surface area (Å²) in [5.74, 6) is -2.78. The van der Waals surface area contributed by atoms with Crippen LogP contribution < -0.4 is 15.5 Å². The van der Waals surface area contributed by atoms with Crippen molar-refractivity contribution in [2.24, 2.45) is 0 Å². The fourth-order valence-corrected chi connectivity index (χ4v) is 4.47.